The maximum Gasteiger partial charge on any atom is 0.326 e. The Labute approximate surface area is 220 Å². The Morgan fingerprint density at radius 1 is 1.08 bits per heavy atom. The number of hydrogen-bond donors (Lipinski definition) is 5. The lowest BCUT2D eigenvalue weighted by molar-refractivity contribution is -0.145. The Morgan fingerprint density at radius 2 is 1.73 bits per heavy atom. The summed E-state index contributed by atoms with van der Waals surface area (Å²) < 4.78 is 0. The molecule has 210 valence electrons. The zero-order valence-electron chi connectivity index (χ0n) is 23.1. The maximum absolute atomic E-state index is 13.8. The number of hydrogen-bond acceptors (Lipinski definition) is 5. The molecule has 11 nitrogen and oxygen atoms in total. The Kier molecular flexibility index (Phi) is 13.1. The number of carboxylic acids is 1. The van der Waals surface area contributed by atoms with Crippen molar-refractivity contribution in [2.75, 3.05) is 13.1 Å². The summed E-state index contributed by atoms with van der Waals surface area (Å²) in [5.41, 5.74) is 11.6. The van der Waals surface area contributed by atoms with E-state index in [1.807, 2.05) is 47.6 Å². The number of carboxylic acid groups (broad SMARTS) is 1. The van der Waals surface area contributed by atoms with Gasteiger partial charge in [-0.3, -0.25) is 19.4 Å². The molecule has 11 heteroatoms. The van der Waals surface area contributed by atoms with Crippen LogP contribution in [0.25, 0.3) is 0 Å². The number of likely N-dealkylation sites (tertiary alicyclic amines) is 1. The molecule has 0 spiro atoms. The average molecular weight is 523 g/mol. The Bertz CT molecular complexity index is 866. The van der Waals surface area contributed by atoms with Crippen molar-refractivity contribution in [2.45, 2.75) is 91.8 Å². The lowest BCUT2D eigenvalue weighted by Crippen LogP contribution is -2.56. The van der Waals surface area contributed by atoms with E-state index in [9.17, 15) is 24.3 Å². The molecule has 1 saturated heterocycles. The molecule has 4 atom stereocenters. The summed E-state index contributed by atoms with van der Waals surface area (Å²) in [6.45, 7) is 11.9. The Hall–Kier alpha value is -3.11. The Balaban J connectivity index is 3.17. The van der Waals surface area contributed by atoms with Gasteiger partial charge in [0.25, 0.3) is 0 Å². The molecule has 37 heavy (non-hydrogen) atoms. The topological polar surface area (TPSA) is 180 Å². The number of aliphatic imine (C=N–C) groups is 1. The molecule has 0 radical (unpaired) electrons. The molecule has 1 aliphatic heterocycles. The van der Waals surface area contributed by atoms with Crippen molar-refractivity contribution in [3.05, 3.63) is 11.6 Å². The fourth-order valence-corrected chi connectivity index (χ4v) is 4.55. The van der Waals surface area contributed by atoms with Gasteiger partial charge in [0.05, 0.1) is 0 Å². The SMILES string of the molecule is C/C=C1/CN(C(=O)[C@H](CCCCN=C(N)N)NC(=O)CC(C)C)[C@H](C(=O)N[C@@H](CC(C)C)C(=O)O)[C@@H]1C. The van der Waals surface area contributed by atoms with Gasteiger partial charge >= 0.3 is 5.97 Å². The summed E-state index contributed by atoms with van der Waals surface area (Å²) in [6, 6.07) is -2.75. The third kappa shape index (κ3) is 10.4. The summed E-state index contributed by atoms with van der Waals surface area (Å²) in [6.07, 6.45) is 3.99. The Morgan fingerprint density at radius 3 is 2.24 bits per heavy atom. The third-order valence-corrected chi connectivity index (χ3v) is 6.41. The first-order valence-electron chi connectivity index (χ1n) is 13.1. The third-order valence-electron chi connectivity index (χ3n) is 6.41. The molecule has 0 aromatic rings. The molecular formula is C26H46N6O5. The highest BCUT2D eigenvalue weighted by Crippen LogP contribution is 2.30. The van der Waals surface area contributed by atoms with E-state index in [0.717, 1.165) is 5.57 Å². The van der Waals surface area contributed by atoms with Crippen LogP contribution in [0.3, 0.4) is 0 Å². The predicted molar refractivity (Wildman–Crippen MR) is 143 cm³/mol. The number of nitrogens with one attached hydrogen (secondary N) is 2. The van der Waals surface area contributed by atoms with Gasteiger partial charge in [0, 0.05) is 25.4 Å². The quantitative estimate of drug-likeness (QED) is 0.0988. The number of aliphatic carboxylic acids is 1. The molecule has 3 amide bonds. The van der Waals surface area contributed by atoms with Crippen molar-refractivity contribution >= 4 is 29.7 Å². The number of unbranched alkanes of at least 4 members (excludes halogenated alkanes) is 1. The minimum Gasteiger partial charge on any atom is -0.480 e. The molecule has 1 heterocycles. The number of carbonyl (C=O) groups excluding carboxylic acids is 3. The zero-order chi connectivity index (χ0) is 28.3. The van der Waals surface area contributed by atoms with Crippen molar-refractivity contribution in [1.82, 2.24) is 15.5 Å². The van der Waals surface area contributed by atoms with E-state index in [1.54, 1.807) is 0 Å². The van der Waals surface area contributed by atoms with Gasteiger partial charge in [-0.05, 0) is 50.0 Å². The number of guanidine groups is 1. The van der Waals surface area contributed by atoms with E-state index in [2.05, 4.69) is 15.6 Å². The second-order valence-electron chi connectivity index (χ2n) is 10.6. The van der Waals surface area contributed by atoms with Gasteiger partial charge < -0.3 is 32.1 Å². The van der Waals surface area contributed by atoms with Crippen LogP contribution < -0.4 is 22.1 Å². The molecule has 1 aliphatic rings. The van der Waals surface area contributed by atoms with Crippen LogP contribution >= 0.6 is 0 Å². The van der Waals surface area contributed by atoms with Crippen LogP contribution in [0.2, 0.25) is 0 Å². The van der Waals surface area contributed by atoms with Crippen molar-refractivity contribution in [3.8, 4) is 0 Å². The summed E-state index contributed by atoms with van der Waals surface area (Å²) >= 11 is 0. The standard InChI is InChI=1S/C26H46N6O5/c1-7-18-14-32(22(17(18)6)23(34)31-20(25(36)37)12-15(2)3)24(35)19(30-21(33)13-16(4)5)10-8-9-11-29-26(27)28/h7,15-17,19-20,22H,8-14H2,1-6H3,(H,30,33)(H,31,34)(H,36,37)(H4,27,28,29)/b18-7-/t17-,19+,20+,22+/m1/s1. The average Bonchev–Trinajstić information content (AvgIpc) is 3.12. The normalized spacial score (nSPS) is 20.1. The number of nitrogens with two attached hydrogens (primary N) is 2. The molecular weight excluding hydrogens is 476 g/mol. The van der Waals surface area contributed by atoms with Crippen LogP contribution in [0.1, 0.15) is 73.6 Å². The van der Waals surface area contributed by atoms with Gasteiger partial charge in [-0.25, -0.2) is 4.79 Å². The molecule has 7 N–H and O–H groups in total. The van der Waals surface area contributed by atoms with Gasteiger partial charge in [-0.15, -0.1) is 0 Å². The molecule has 0 saturated carbocycles. The molecule has 0 unspecified atom stereocenters. The molecule has 0 aliphatic carbocycles. The van der Waals surface area contributed by atoms with Crippen LogP contribution in [0.4, 0.5) is 0 Å². The van der Waals surface area contributed by atoms with Crippen LogP contribution in [0.15, 0.2) is 16.6 Å². The van der Waals surface area contributed by atoms with Gasteiger partial charge in [0.15, 0.2) is 5.96 Å². The summed E-state index contributed by atoms with van der Waals surface area (Å²) in [5.74, 6) is -2.34. The number of amides is 3. The van der Waals surface area contributed by atoms with Gasteiger partial charge in [-0.2, -0.15) is 0 Å². The monoisotopic (exact) mass is 522 g/mol. The van der Waals surface area contributed by atoms with E-state index in [1.165, 1.54) is 4.90 Å². The lowest BCUT2D eigenvalue weighted by Gasteiger charge is -2.31. The van der Waals surface area contributed by atoms with E-state index < -0.39 is 30.0 Å². The number of nitrogens with zero attached hydrogens (tertiary/aromatic N) is 2. The van der Waals surface area contributed by atoms with Crippen LogP contribution in [-0.4, -0.2) is 70.9 Å². The number of allylic oxidation sites excluding steroid dienone is 1. The highest BCUT2D eigenvalue weighted by atomic mass is 16.4. The summed E-state index contributed by atoms with van der Waals surface area (Å²) in [5, 5.41) is 15.1. The first-order chi connectivity index (χ1) is 17.3. The van der Waals surface area contributed by atoms with E-state index in [-0.39, 0.29) is 54.9 Å². The minimum absolute atomic E-state index is 0.00575. The highest BCUT2D eigenvalue weighted by Gasteiger charge is 2.44. The zero-order valence-corrected chi connectivity index (χ0v) is 23.1. The number of rotatable bonds is 14. The molecule has 1 fully saturated rings. The van der Waals surface area contributed by atoms with E-state index in [0.29, 0.717) is 25.8 Å². The van der Waals surface area contributed by atoms with Crippen molar-refractivity contribution < 1.29 is 24.3 Å². The van der Waals surface area contributed by atoms with Crippen molar-refractivity contribution in [1.29, 1.82) is 0 Å². The second kappa shape index (κ2) is 15.2. The second-order valence-corrected chi connectivity index (χ2v) is 10.6. The largest absolute Gasteiger partial charge is 0.480 e. The highest BCUT2D eigenvalue weighted by molar-refractivity contribution is 5.94. The predicted octanol–water partition coefficient (Wildman–Crippen LogP) is 1.37. The van der Waals surface area contributed by atoms with Gasteiger partial charge in [0.1, 0.15) is 18.1 Å². The molecule has 1 rings (SSSR count). The number of carbonyl (C=O) groups is 4. The van der Waals surface area contributed by atoms with Crippen LogP contribution in [-0.2, 0) is 19.2 Å². The van der Waals surface area contributed by atoms with Crippen molar-refractivity contribution in [3.63, 3.8) is 0 Å². The fourth-order valence-electron chi connectivity index (χ4n) is 4.55. The van der Waals surface area contributed by atoms with Crippen LogP contribution in [0, 0.1) is 17.8 Å². The van der Waals surface area contributed by atoms with Gasteiger partial charge in [0.2, 0.25) is 17.7 Å². The smallest absolute Gasteiger partial charge is 0.326 e. The maximum atomic E-state index is 13.8. The minimum atomic E-state index is -1.11. The fraction of sp³-hybridized carbons (Fsp3) is 0.731. The molecule has 0 bridgehead atoms. The first-order valence-corrected chi connectivity index (χ1v) is 13.1. The summed E-state index contributed by atoms with van der Waals surface area (Å²) in [4.78, 5) is 56.9. The van der Waals surface area contributed by atoms with E-state index >= 15 is 0 Å². The van der Waals surface area contributed by atoms with Crippen LogP contribution in [0.5, 0.6) is 0 Å². The summed E-state index contributed by atoms with van der Waals surface area (Å²) in [7, 11) is 0. The molecule has 0 aromatic carbocycles. The van der Waals surface area contributed by atoms with Gasteiger partial charge in [-0.1, -0.05) is 40.7 Å². The first kappa shape index (κ1) is 31.9. The van der Waals surface area contributed by atoms with Crippen molar-refractivity contribution in [2.24, 2.45) is 34.2 Å². The molecule has 0 aromatic heterocycles. The lowest BCUT2D eigenvalue weighted by atomic mass is 9.96. The van der Waals surface area contributed by atoms with E-state index in [4.69, 9.17) is 11.5 Å².